The number of rotatable bonds is 6. The topological polar surface area (TPSA) is 61.7 Å². The number of aryl methyl sites for hydroxylation is 2. The lowest BCUT2D eigenvalue weighted by Crippen LogP contribution is -2.12. The van der Waals surface area contributed by atoms with Crippen molar-refractivity contribution in [3.63, 3.8) is 0 Å². The molecule has 2 rings (SSSR count). The van der Waals surface area contributed by atoms with Crippen molar-refractivity contribution >= 4 is 0 Å². The van der Waals surface area contributed by atoms with Crippen LogP contribution in [0.5, 0.6) is 0 Å². The van der Waals surface area contributed by atoms with Crippen LogP contribution in [0.25, 0.3) is 0 Å². The molecule has 2 aromatic rings. The number of hydrogen-bond acceptors (Lipinski definition) is 3. The Hall–Kier alpha value is -1.62. The Balaban J connectivity index is 1.76. The summed E-state index contributed by atoms with van der Waals surface area (Å²) in [7, 11) is 0. The van der Waals surface area contributed by atoms with Crippen molar-refractivity contribution in [1.82, 2.24) is 19.1 Å². The van der Waals surface area contributed by atoms with Gasteiger partial charge >= 0.3 is 0 Å². The van der Waals surface area contributed by atoms with Gasteiger partial charge in [0.1, 0.15) is 0 Å². The molecule has 0 aliphatic heterocycles. The Morgan fingerprint density at radius 3 is 2.76 bits per heavy atom. The monoisotopic (exact) mass is 233 g/mol. The molecule has 0 spiro atoms. The molecule has 0 unspecified atom stereocenters. The van der Waals surface area contributed by atoms with E-state index in [1.54, 1.807) is 0 Å². The molecule has 17 heavy (non-hydrogen) atoms. The molecule has 5 heteroatoms. The fourth-order valence-corrected chi connectivity index (χ4v) is 1.89. The van der Waals surface area contributed by atoms with Crippen molar-refractivity contribution in [3.05, 3.63) is 36.9 Å². The molecule has 0 aliphatic carbocycles. The lowest BCUT2D eigenvalue weighted by Gasteiger charge is -2.10. The zero-order valence-electron chi connectivity index (χ0n) is 10.2. The van der Waals surface area contributed by atoms with Gasteiger partial charge in [-0.15, -0.1) is 0 Å². The largest absolute Gasteiger partial charge is 0.337 e. The molecule has 0 bridgehead atoms. The Bertz CT molecular complexity index is 429. The SMILES string of the molecule is C[C@H](N)c1cncn1CCCCn1ccnc1. The number of nitrogens with two attached hydrogens (primary N) is 1. The van der Waals surface area contributed by atoms with E-state index in [-0.39, 0.29) is 6.04 Å². The van der Waals surface area contributed by atoms with Crippen molar-refractivity contribution in [2.75, 3.05) is 0 Å². The molecule has 0 amide bonds. The van der Waals surface area contributed by atoms with Gasteiger partial charge in [0.25, 0.3) is 0 Å². The smallest absolute Gasteiger partial charge is 0.0948 e. The molecular formula is C12H19N5. The first-order chi connectivity index (χ1) is 8.27. The third-order valence-corrected chi connectivity index (χ3v) is 2.84. The minimum atomic E-state index is 0.0474. The van der Waals surface area contributed by atoms with E-state index in [2.05, 4.69) is 19.1 Å². The summed E-state index contributed by atoms with van der Waals surface area (Å²) in [5, 5.41) is 0. The van der Waals surface area contributed by atoms with Crippen LogP contribution in [0.15, 0.2) is 31.2 Å². The van der Waals surface area contributed by atoms with Gasteiger partial charge in [0.2, 0.25) is 0 Å². The van der Waals surface area contributed by atoms with Gasteiger partial charge in [-0.2, -0.15) is 0 Å². The summed E-state index contributed by atoms with van der Waals surface area (Å²) < 4.78 is 4.24. The lowest BCUT2D eigenvalue weighted by atomic mass is 10.2. The van der Waals surface area contributed by atoms with Gasteiger partial charge in [-0.3, -0.25) is 0 Å². The van der Waals surface area contributed by atoms with E-state index in [1.165, 1.54) is 0 Å². The van der Waals surface area contributed by atoms with Gasteiger partial charge in [0.05, 0.1) is 18.3 Å². The van der Waals surface area contributed by atoms with Crippen LogP contribution in [-0.2, 0) is 13.1 Å². The second-order valence-electron chi connectivity index (χ2n) is 4.31. The quantitative estimate of drug-likeness (QED) is 0.770. The predicted molar refractivity (Wildman–Crippen MR) is 66.3 cm³/mol. The van der Waals surface area contributed by atoms with E-state index in [9.17, 15) is 0 Å². The second kappa shape index (κ2) is 5.63. The summed E-state index contributed by atoms with van der Waals surface area (Å²) in [5.74, 6) is 0. The number of nitrogens with zero attached hydrogens (tertiary/aromatic N) is 4. The van der Waals surface area contributed by atoms with Crippen molar-refractivity contribution < 1.29 is 0 Å². The van der Waals surface area contributed by atoms with Crippen molar-refractivity contribution in [2.45, 2.75) is 38.9 Å². The highest BCUT2D eigenvalue weighted by atomic mass is 15.1. The minimum Gasteiger partial charge on any atom is -0.337 e. The van der Waals surface area contributed by atoms with Crippen LogP contribution >= 0.6 is 0 Å². The van der Waals surface area contributed by atoms with Crippen LogP contribution in [0.2, 0.25) is 0 Å². The van der Waals surface area contributed by atoms with E-state index in [0.717, 1.165) is 31.6 Å². The summed E-state index contributed by atoms with van der Waals surface area (Å²) >= 11 is 0. The Morgan fingerprint density at radius 1 is 1.24 bits per heavy atom. The Kier molecular flexibility index (Phi) is 3.93. The molecule has 2 aromatic heterocycles. The van der Waals surface area contributed by atoms with E-state index in [4.69, 9.17) is 5.73 Å². The summed E-state index contributed by atoms with van der Waals surface area (Å²) in [5.41, 5.74) is 6.97. The zero-order valence-corrected chi connectivity index (χ0v) is 10.2. The average molecular weight is 233 g/mol. The fraction of sp³-hybridized carbons (Fsp3) is 0.500. The predicted octanol–water partition coefficient (Wildman–Crippen LogP) is 1.58. The van der Waals surface area contributed by atoms with Gasteiger partial charge in [-0.1, -0.05) is 0 Å². The van der Waals surface area contributed by atoms with Gasteiger partial charge in [-0.05, 0) is 19.8 Å². The van der Waals surface area contributed by atoms with Crippen molar-refractivity contribution in [3.8, 4) is 0 Å². The van der Waals surface area contributed by atoms with Crippen LogP contribution in [0.1, 0.15) is 31.5 Å². The molecule has 0 saturated carbocycles. The summed E-state index contributed by atoms with van der Waals surface area (Å²) in [6.45, 7) is 3.98. The van der Waals surface area contributed by atoms with Crippen LogP contribution in [0, 0.1) is 0 Å². The van der Waals surface area contributed by atoms with Gasteiger partial charge in [0.15, 0.2) is 0 Å². The number of unbranched alkanes of at least 4 members (excludes halogenated alkanes) is 1. The van der Waals surface area contributed by atoms with Gasteiger partial charge < -0.3 is 14.9 Å². The van der Waals surface area contributed by atoms with Crippen molar-refractivity contribution in [1.29, 1.82) is 0 Å². The summed E-state index contributed by atoms with van der Waals surface area (Å²) in [4.78, 5) is 8.16. The zero-order chi connectivity index (χ0) is 12.1. The molecule has 0 fully saturated rings. The van der Waals surface area contributed by atoms with E-state index < -0.39 is 0 Å². The van der Waals surface area contributed by atoms with E-state index in [0.29, 0.717) is 0 Å². The molecule has 0 aliphatic rings. The van der Waals surface area contributed by atoms with Gasteiger partial charge in [0, 0.05) is 37.7 Å². The highest BCUT2D eigenvalue weighted by Gasteiger charge is 2.05. The minimum absolute atomic E-state index is 0.0474. The summed E-state index contributed by atoms with van der Waals surface area (Å²) in [6.07, 6.45) is 11.6. The van der Waals surface area contributed by atoms with Crippen molar-refractivity contribution in [2.24, 2.45) is 5.73 Å². The fourth-order valence-electron chi connectivity index (χ4n) is 1.89. The summed E-state index contributed by atoms with van der Waals surface area (Å²) in [6, 6.07) is 0.0474. The molecule has 2 heterocycles. The number of aromatic nitrogens is 4. The first kappa shape index (κ1) is 11.9. The highest BCUT2D eigenvalue weighted by Crippen LogP contribution is 2.10. The molecule has 1 atom stereocenters. The first-order valence-corrected chi connectivity index (χ1v) is 5.98. The molecule has 5 nitrogen and oxygen atoms in total. The molecular weight excluding hydrogens is 214 g/mol. The second-order valence-corrected chi connectivity index (χ2v) is 4.31. The van der Waals surface area contributed by atoms with Gasteiger partial charge in [-0.25, -0.2) is 9.97 Å². The molecule has 0 radical (unpaired) electrons. The Morgan fingerprint density at radius 2 is 2.06 bits per heavy atom. The molecule has 2 N–H and O–H groups in total. The third kappa shape index (κ3) is 3.17. The maximum Gasteiger partial charge on any atom is 0.0948 e. The lowest BCUT2D eigenvalue weighted by molar-refractivity contribution is 0.534. The van der Waals surface area contributed by atoms with Crippen LogP contribution in [0.4, 0.5) is 0 Å². The molecule has 0 aromatic carbocycles. The molecule has 0 saturated heterocycles. The maximum atomic E-state index is 5.87. The van der Waals surface area contributed by atoms with Crippen LogP contribution < -0.4 is 5.73 Å². The normalized spacial score (nSPS) is 12.8. The maximum absolute atomic E-state index is 5.87. The average Bonchev–Trinajstić information content (AvgIpc) is 2.95. The third-order valence-electron chi connectivity index (χ3n) is 2.84. The molecule has 92 valence electrons. The number of hydrogen-bond donors (Lipinski definition) is 1. The van der Waals surface area contributed by atoms with Crippen LogP contribution in [-0.4, -0.2) is 19.1 Å². The van der Waals surface area contributed by atoms with E-state index >= 15 is 0 Å². The standard InChI is InChI=1S/C12H19N5/c1-11(13)12-8-15-10-17(12)6-3-2-5-16-7-4-14-9-16/h4,7-11H,2-3,5-6,13H2,1H3/t11-/m0/s1. The van der Waals surface area contributed by atoms with E-state index in [1.807, 2.05) is 38.2 Å². The Labute approximate surface area is 101 Å². The number of imidazole rings is 2. The van der Waals surface area contributed by atoms with Crippen LogP contribution in [0.3, 0.4) is 0 Å². The highest BCUT2D eigenvalue weighted by molar-refractivity contribution is 5.02. The first-order valence-electron chi connectivity index (χ1n) is 5.98.